The van der Waals surface area contributed by atoms with E-state index in [9.17, 15) is 63.6 Å². The lowest BCUT2D eigenvalue weighted by atomic mass is 9.83. The molecule has 0 unspecified atom stereocenters. The van der Waals surface area contributed by atoms with Gasteiger partial charge in [0, 0.05) is 97.3 Å². The zero-order valence-electron chi connectivity index (χ0n) is 84.4. The minimum absolute atomic E-state index is 0.000321. The summed E-state index contributed by atoms with van der Waals surface area (Å²) in [5.41, 5.74) is 11.0. The van der Waals surface area contributed by atoms with Crippen LogP contribution in [0.25, 0.3) is 0 Å². The van der Waals surface area contributed by atoms with Crippen molar-refractivity contribution in [3.63, 3.8) is 0 Å². The molecule has 0 aromatic carbocycles. The fourth-order valence-corrected chi connectivity index (χ4v) is 15.8. The number of aryl methyl sites for hydroxylation is 1. The number of nitrogens with one attached hydrogen (secondary N) is 3. The molecule has 0 aliphatic carbocycles. The molecule has 2 aromatic rings. The molecule has 0 radical (unpaired) electrons. The molecule has 748 valence electrons. The Morgan fingerprint density at radius 2 is 0.772 bits per heavy atom. The first-order valence-electron chi connectivity index (χ1n) is 47.5. The van der Waals surface area contributed by atoms with Gasteiger partial charge in [0.15, 0.2) is 0 Å². The Labute approximate surface area is 813 Å². The topological polar surface area (TPSA) is 372 Å². The number of alkyl carbamates (subject to hydrolysis) is 3. The van der Waals surface area contributed by atoms with Crippen molar-refractivity contribution in [2.75, 3.05) is 33.0 Å². The van der Waals surface area contributed by atoms with Crippen LogP contribution in [0.3, 0.4) is 0 Å². The number of rotatable bonds is 52. The molecule has 5 rings (SSSR count). The molecule has 0 saturated heterocycles. The Bertz CT molecular complexity index is 4700. The number of amides is 3. The van der Waals surface area contributed by atoms with Crippen LogP contribution >= 0.6 is 11.3 Å². The summed E-state index contributed by atoms with van der Waals surface area (Å²) in [6.07, 6.45) is 55.6. The number of carbonyl (C=O) groups is 9. The van der Waals surface area contributed by atoms with Gasteiger partial charge in [-0.2, -0.15) is 0 Å². The fourth-order valence-electron chi connectivity index (χ4n) is 15.3. The van der Waals surface area contributed by atoms with Crippen LogP contribution in [0.15, 0.2) is 244 Å². The van der Waals surface area contributed by atoms with Crippen LogP contribution in [0.5, 0.6) is 0 Å². The van der Waals surface area contributed by atoms with E-state index in [0.717, 1.165) is 85.7 Å². The standard InChI is InChI=1S/C39H54N2O6.C36H50N2O6S.C35H53NO8/c1-26(21-28(3)16-18-35-13-10-14-36(42)47-35)11-9-12-27(2)22-31(6)37(43)33(8)38(44)32(7)23-29(4)19-20-46-39(45)41-25-34-17-15-30(5)24-40-34;1-24(20-26(3)14-15-31-12-9-13-33(39)44-31)10-8-11-25(2)21-28(5)34(40)30(7)35(41)29(6)22-27(4)16-18-43-36(42)38-23-32-37-17-19-45-32;1-23(18-25(3)14-15-31-12-9-13-32(39)44-31)10-8-11-24(2)19-27(5)33(40)29(7)34(41)28(6)20-26(4)16-17-43-35(42)36-21-30(38)22-37/h9-10,12,14-19,21-22,24,26,31-33,35,38,44H,11,13,20,23,25H2,1-8H3,(H,41,45);8-9,11,13-17,19-21,24,28-31,35,41H,10,12,18,22-23H2,1-7H3,(H,38,42);8-9,11,13-16,18-19,23,27-31,34,37-38,41H,10,12,17,20-22H2,1-7H3,(H,36,42)/b12-9+,18-16+,27-22+,28-21-,29-19+;11-8+,15-14+,25-21+,26-20-,27-16+;11-8+,15-14+,24-19+,25-18-,26-16+/t26-,31-,32+,33-,35-,38-;24-,28-,29+,30-,31-,35-;23-,27-,28+,29-,30-,31-,34-/m111/s1. The van der Waals surface area contributed by atoms with E-state index in [1.807, 2.05) is 232 Å². The second-order valence-electron chi connectivity index (χ2n) is 36.8. The number of hydrogen-bond acceptors (Lipinski definition) is 23. The van der Waals surface area contributed by atoms with Crippen molar-refractivity contribution >= 4 is 64.9 Å². The number of carbonyl (C=O) groups excluding carboxylic acids is 9. The van der Waals surface area contributed by atoms with Crippen molar-refractivity contribution < 1.29 is 97.1 Å². The van der Waals surface area contributed by atoms with E-state index >= 15 is 0 Å². The number of aromatic nitrogens is 2. The molecule has 8 N–H and O–H groups in total. The average Bonchev–Trinajstić information content (AvgIpc) is 0.892. The van der Waals surface area contributed by atoms with E-state index in [-0.39, 0.29) is 122 Å². The largest absolute Gasteiger partial charge is 0.455 e. The van der Waals surface area contributed by atoms with Gasteiger partial charge in [-0.3, -0.25) is 19.4 Å². The second-order valence-corrected chi connectivity index (χ2v) is 37.8. The average molecular weight is 1900 g/mol. The van der Waals surface area contributed by atoms with Crippen LogP contribution in [-0.4, -0.2) is 165 Å². The predicted octanol–water partition coefficient (Wildman–Crippen LogP) is 20.3. The van der Waals surface area contributed by atoms with E-state index < -0.39 is 67.1 Å². The van der Waals surface area contributed by atoms with Crippen LogP contribution in [0.1, 0.15) is 219 Å². The SMILES string of the molecule is CC(=C/[C@H](C)C/C=C/C(C)=C/[C@@H](C)C(=O)[C@@H](C)[C@H](O)[C@@H](C)C/C(C)=C/COC(=O)NC[C@@H](O)CO)/C=C/[C@H]1CC=CC(=O)O1.CC(=C/[C@H](C)C/C=C/C(C)=C/[C@@H](C)C(=O)[C@@H](C)[C@H](O)[C@@H](C)C/C(C)=C/COC(=O)NCc1ccc(C)cn1)/C=C/[C@H]1CC=CC(=O)O1.CC(=C/[C@H](C)C/C=C/C(C)=C/[C@@H](C)C(=O)[C@@H](C)[C@H](O)[C@@H](C)C/C(C)=C/COC(=O)NCc1nccs1)/C=C/[C@H]1CC=CC(=O)O1. The molecule has 19 atom stereocenters. The Hall–Kier alpha value is -10.9. The summed E-state index contributed by atoms with van der Waals surface area (Å²) in [7, 11) is 0. The summed E-state index contributed by atoms with van der Waals surface area (Å²) >= 11 is 1.46. The highest BCUT2D eigenvalue weighted by atomic mass is 32.1. The Morgan fingerprint density at radius 1 is 0.449 bits per heavy atom. The van der Waals surface area contributed by atoms with E-state index in [4.69, 9.17) is 33.5 Å². The third-order valence-corrected chi connectivity index (χ3v) is 23.8. The van der Waals surface area contributed by atoms with Gasteiger partial charge in [-0.15, -0.1) is 11.3 Å². The molecule has 2 aromatic heterocycles. The lowest BCUT2D eigenvalue weighted by Crippen LogP contribution is -2.34. The summed E-state index contributed by atoms with van der Waals surface area (Å²) < 4.78 is 31.2. The number of allylic oxidation sites excluding steroid dienone is 24. The van der Waals surface area contributed by atoms with Gasteiger partial charge in [0.1, 0.15) is 60.5 Å². The molecular weight excluding hydrogens is 1740 g/mol. The zero-order valence-corrected chi connectivity index (χ0v) is 85.2. The Balaban J connectivity index is 0.000000525. The number of hydrogen-bond donors (Lipinski definition) is 8. The van der Waals surface area contributed by atoms with Crippen LogP contribution in [0, 0.1) is 77.9 Å². The Kier molecular flexibility index (Phi) is 57.7. The van der Waals surface area contributed by atoms with Crippen molar-refractivity contribution in [3.8, 4) is 0 Å². The second kappa shape index (κ2) is 65.8. The highest BCUT2D eigenvalue weighted by molar-refractivity contribution is 7.09. The predicted molar refractivity (Wildman–Crippen MR) is 540 cm³/mol. The maximum absolute atomic E-state index is 13.2. The molecular formula is C110H157N5O20S. The highest BCUT2D eigenvalue weighted by Gasteiger charge is 2.33. The fraction of sp³-hybridized carbons (Fsp3) is 0.518. The Morgan fingerprint density at radius 3 is 1.07 bits per heavy atom. The van der Waals surface area contributed by atoms with Gasteiger partial charge in [0.25, 0.3) is 0 Å². The van der Waals surface area contributed by atoms with Gasteiger partial charge in [-0.1, -0.05) is 249 Å². The first kappa shape index (κ1) is 119. The number of cyclic esters (lactones) is 3. The zero-order chi connectivity index (χ0) is 102. The molecule has 5 heterocycles. The maximum atomic E-state index is 13.2. The third-order valence-electron chi connectivity index (χ3n) is 23.0. The molecule has 26 heteroatoms. The minimum Gasteiger partial charge on any atom is -0.455 e. The molecule has 136 heavy (non-hydrogen) atoms. The summed E-state index contributed by atoms with van der Waals surface area (Å²) in [6, 6.07) is 3.79. The van der Waals surface area contributed by atoms with Crippen molar-refractivity contribution in [3.05, 3.63) is 260 Å². The molecule has 3 aliphatic heterocycles. The molecule has 0 spiro atoms. The van der Waals surface area contributed by atoms with Gasteiger partial charge < -0.3 is 69.9 Å². The van der Waals surface area contributed by atoms with Crippen LogP contribution in [-0.2, 0) is 70.3 Å². The molecule has 0 saturated carbocycles. The highest BCUT2D eigenvalue weighted by Crippen LogP contribution is 2.29. The first-order chi connectivity index (χ1) is 64.3. The number of esters is 3. The smallest absolute Gasteiger partial charge is 0.407 e. The number of pyridine rings is 1. The van der Waals surface area contributed by atoms with Crippen LogP contribution < -0.4 is 16.0 Å². The van der Waals surface area contributed by atoms with Crippen molar-refractivity contribution in [1.82, 2.24) is 25.9 Å². The molecule has 0 fully saturated rings. The third kappa shape index (κ3) is 51.9. The summed E-state index contributed by atoms with van der Waals surface area (Å²) in [5.74, 6) is -3.06. The van der Waals surface area contributed by atoms with E-state index in [1.54, 1.807) is 39.2 Å². The molecule has 3 aliphatic rings. The monoisotopic (exact) mass is 1900 g/mol. The van der Waals surface area contributed by atoms with E-state index in [2.05, 4.69) is 83.1 Å². The van der Waals surface area contributed by atoms with Crippen molar-refractivity contribution in [1.29, 1.82) is 0 Å². The number of thiazole rings is 1. The van der Waals surface area contributed by atoms with Crippen LogP contribution in [0.4, 0.5) is 14.4 Å². The number of Topliss-reactive ketones (excluding diaryl/α,β-unsaturated/α-hetero) is 3. The van der Waals surface area contributed by atoms with Crippen molar-refractivity contribution in [2.45, 2.75) is 266 Å². The maximum Gasteiger partial charge on any atom is 0.407 e. The molecule has 0 bridgehead atoms. The first-order valence-corrected chi connectivity index (χ1v) is 48.4. The minimum atomic E-state index is -1.04. The molecule has 25 nitrogen and oxygen atoms in total. The van der Waals surface area contributed by atoms with Gasteiger partial charge in [-0.05, 0) is 191 Å². The summed E-state index contributed by atoms with van der Waals surface area (Å²) in [5, 5.41) is 61.2. The lowest BCUT2D eigenvalue weighted by Gasteiger charge is -2.26. The number of ether oxygens (including phenoxy) is 6. The quantitative estimate of drug-likeness (QED) is 0.0132. The van der Waals surface area contributed by atoms with Gasteiger partial charge >= 0.3 is 36.2 Å². The number of aliphatic hydroxyl groups excluding tert-OH is 5. The summed E-state index contributed by atoms with van der Waals surface area (Å²) in [4.78, 5) is 117. The van der Waals surface area contributed by atoms with Crippen LogP contribution in [0.2, 0.25) is 0 Å². The summed E-state index contributed by atoms with van der Waals surface area (Å²) in [6.45, 7) is 43.1. The normalized spacial score (nSPS) is 19.9. The van der Waals surface area contributed by atoms with Gasteiger partial charge in [0.05, 0.1) is 49.8 Å². The lowest BCUT2D eigenvalue weighted by molar-refractivity contribution is -0.142. The van der Waals surface area contributed by atoms with Gasteiger partial charge in [0.2, 0.25) is 0 Å². The number of ketones is 3. The number of nitrogens with zero attached hydrogens (tertiary/aromatic N) is 2. The van der Waals surface area contributed by atoms with E-state index in [1.165, 1.54) is 29.6 Å². The van der Waals surface area contributed by atoms with Crippen molar-refractivity contribution in [2.24, 2.45) is 71.0 Å². The molecule has 3 amide bonds. The van der Waals surface area contributed by atoms with Gasteiger partial charge in [-0.25, -0.2) is 33.8 Å². The van der Waals surface area contributed by atoms with E-state index in [0.29, 0.717) is 62.8 Å². The number of aliphatic hydroxyl groups is 5.